The lowest BCUT2D eigenvalue weighted by Gasteiger charge is -2.12. The number of carboxylic acids is 1. The molecule has 1 aromatic carbocycles. The van der Waals surface area contributed by atoms with E-state index in [-0.39, 0.29) is 0 Å². The molecule has 0 atom stereocenters. The molecule has 0 fully saturated rings. The molecule has 0 aliphatic heterocycles. The molecule has 0 saturated carbocycles. The van der Waals surface area contributed by atoms with Crippen LogP contribution in [0.2, 0.25) is 5.02 Å². The Balaban J connectivity index is 2.71. The SMILES string of the molecule is Cc1cc(C(=O)O)c(C)n1-c1cc(Cl)ccc1Br. The Morgan fingerprint density at radius 3 is 2.56 bits per heavy atom. The van der Waals surface area contributed by atoms with Gasteiger partial charge in [-0.25, -0.2) is 4.79 Å². The molecule has 18 heavy (non-hydrogen) atoms. The number of aromatic carboxylic acids is 1. The number of rotatable bonds is 2. The second kappa shape index (κ2) is 4.78. The standard InChI is InChI=1S/C13H11BrClNO2/c1-7-5-10(13(17)18)8(2)16(7)12-6-9(15)3-4-11(12)14/h3-6H,1-2H3,(H,17,18). The third-order valence-corrected chi connectivity index (χ3v) is 3.72. The molecular formula is C13H11BrClNO2. The van der Waals surface area contributed by atoms with Crippen molar-refractivity contribution in [2.24, 2.45) is 0 Å². The topological polar surface area (TPSA) is 42.2 Å². The molecule has 1 aromatic heterocycles. The van der Waals surface area contributed by atoms with Crippen molar-refractivity contribution in [1.82, 2.24) is 4.57 Å². The summed E-state index contributed by atoms with van der Waals surface area (Å²) in [5.41, 5.74) is 2.68. The Kier molecular flexibility index (Phi) is 3.50. The van der Waals surface area contributed by atoms with Crippen molar-refractivity contribution in [2.45, 2.75) is 13.8 Å². The molecule has 0 amide bonds. The molecule has 0 bridgehead atoms. The summed E-state index contributed by atoms with van der Waals surface area (Å²) in [5, 5.41) is 9.73. The van der Waals surface area contributed by atoms with E-state index in [1.807, 2.05) is 17.6 Å². The number of benzene rings is 1. The van der Waals surface area contributed by atoms with Gasteiger partial charge >= 0.3 is 5.97 Å². The lowest BCUT2D eigenvalue weighted by Crippen LogP contribution is -2.03. The summed E-state index contributed by atoms with van der Waals surface area (Å²) in [7, 11) is 0. The largest absolute Gasteiger partial charge is 0.478 e. The minimum Gasteiger partial charge on any atom is -0.478 e. The third-order valence-electron chi connectivity index (χ3n) is 2.81. The molecular weight excluding hydrogens is 318 g/mol. The Labute approximate surface area is 118 Å². The van der Waals surface area contributed by atoms with Gasteiger partial charge in [-0.2, -0.15) is 0 Å². The van der Waals surface area contributed by atoms with Gasteiger partial charge in [-0.15, -0.1) is 0 Å². The summed E-state index contributed by atoms with van der Waals surface area (Å²) >= 11 is 9.45. The van der Waals surface area contributed by atoms with Gasteiger partial charge in [0.05, 0.1) is 11.3 Å². The lowest BCUT2D eigenvalue weighted by atomic mass is 10.2. The van der Waals surface area contributed by atoms with Crippen LogP contribution in [0.15, 0.2) is 28.7 Å². The second-order valence-corrected chi connectivity index (χ2v) is 5.31. The highest BCUT2D eigenvalue weighted by molar-refractivity contribution is 9.10. The van der Waals surface area contributed by atoms with Gasteiger partial charge in [0.15, 0.2) is 0 Å². The van der Waals surface area contributed by atoms with Crippen molar-refractivity contribution in [2.75, 3.05) is 0 Å². The van der Waals surface area contributed by atoms with Crippen LogP contribution in [0.1, 0.15) is 21.7 Å². The zero-order valence-electron chi connectivity index (χ0n) is 9.87. The Morgan fingerprint density at radius 2 is 2.00 bits per heavy atom. The zero-order valence-corrected chi connectivity index (χ0v) is 12.2. The minimum atomic E-state index is -0.924. The van der Waals surface area contributed by atoms with Crippen LogP contribution in [-0.2, 0) is 0 Å². The highest BCUT2D eigenvalue weighted by atomic mass is 79.9. The Morgan fingerprint density at radius 1 is 1.33 bits per heavy atom. The average Bonchev–Trinajstić information content (AvgIpc) is 2.58. The Hall–Kier alpha value is -1.26. The van der Waals surface area contributed by atoms with E-state index in [4.69, 9.17) is 16.7 Å². The van der Waals surface area contributed by atoms with E-state index in [2.05, 4.69) is 15.9 Å². The first-order valence-corrected chi connectivity index (χ1v) is 6.46. The molecule has 0 saturated heterocycles. The fourth-order valence-corrected chi connectivity index (χ4v) is 2.60. The molecule has 0 aliphatic carbocycles. The van der Waals surface area contributed by atoms with E-state index < -0.39 is 5.97 Å². The van der Waals surface area contributed by atoms with Crippen molar-refractivity contribution < 1.29 is 9.90 Å². The summed E-state index contributed by atoms with van der Waals surface area (Å²) in [6.45, 7) is 3.65. The number of carbonyl (C=O) groups is 1. The van der Waals surface area contributed by atoms with Crippen molar-refractivity contribution in [3.8, 4) is 5.69 Å². The van der Waals surface area contributed by atoms with Crippen molar-refractivity contribution in [1.29, 1.82) is 0 Å². The van der Waals surface area contributed by atoms with E-state index in [1.54, 1.807) is 25.1 Å². The molecule has 0 unspecified atom stereocenters. The number of halogens is 2. The van der Waals surface area contributed by atoms with E-state index in [9.17, 15) is 4.79 Å². The fraction of sp³-hybridized carbons (Fsp3) is 0.154. The van der Waals surface area contributed by atoms with Crippen LogP contribution >= 0.6 is 27.5 Å². The van der Waals surface area contributed by atoms with Gasteiger partial charge in [-0.1, -0.05) is 11.6 Å². The summed E-state index contributed by atoms with van der Waals surface area (Å²) in [5.74, 6) is -0.924. The van der Waals surface area contributed by atoms with Crippen LogP contribution < -0.4 is 0 Å². The normalized spacial score (nSPS) is 10.7. The number of aryl methyl sites for hydroxylation is 1. The summed E-state index contributed by atoms with van der Waals surface area (Å²) in [6, 6.07) is 7.08. The summed E-state index contributed by atoms with van der Waals surface area (Å²) in [4.78, 5) is 11.1. The van der Waals surface area contributed by atoms with Crippen molar-refractivity contribution in [3.05, 3.63) is 50.7 Å². The highest BCUT2D eigenvalue weighted by Gasteiger charge is 2.17. The van der Waals surface area contributed by atoms with E-state index >= 15 is 0 Å². The van der Waals surface area contributed by atoms with Gasteiger partial charge in [-0.05, 0) is 54.0 Å². The van der Waals surface area contributed by atoms with Gasteiger partial charge in [0.25, 0.3) is 0 Å². The zero-order chi connectivity index (χ0) is 13.4. The second-order valence-electron chi connectivity index (χ2n) is 4.02. The molecule has 5 heteroatoms. The van der Waals surface area contributed by atoms with Gasteiger partial charge in [-0.3, -0.25) is 0 Å². The molecule has 2 rings (SSSR count). The molecule has 2 aromatic rings. The quantitative estimate of drug-likeness (QED) is 0.897. The maximum absolute atomic E-state index is 11.1. The van der Waals surface area contributed by atoms with Crippen LogP contribution in [0.25, 0.3) is 5.69 Å². The van der Waals surface area contributed by atoms with Crippen LogP contribution in [-0.4, -0.2) is 15.6 Å². The Bertz CT molecular complexity index is 634. The maximum Gasteiger partial charge on any atom is 0.337 e. The van der Waals surface area contributed by atoms with E-state index in [0.717, 1.165) is 15.9 Å². The number of nitrogens with zero attached hydrogens (tertiary/aromatic N) is 1. The first-order valence-electron chi connectivity index (χ1n) is 5.29. The predicted octanol–water partition coefficient (Wildman–Crippen LogP) is 4.21. The molecule has 94 valence electrons. The summed E-state index contributed by atoms with van der Waals surface area (Å²) in [6.07, 6.45) is 0. The molecule has 3 nitrogen and oxygen atoms in total. The van der Waals surface area contributed by atoms with Crippen LogP contribution in [0.3, 0.4) is 0 Å². The van der Waals surface area contributed by atoms with Crippen LogP contribution in [0, 0.1) is 13.8 Å². The van der Waals surface area contributed by atoms with Crippen molar-refractivity contribution >= 4 is 33.5 Å². The fourth-order valence-electron chi connectivity index (χ4n) is 2.01. The maximum atomic E-state index is 11.1. The molecule has 1 heterocycles. The first kappa shape index (κ1) is 13.2. The molecule has 0 radical (unpaired) electrons. The molecule has 1 N–H and O–H groups in total. The monoisotopic (exact) mass is 327 g/mol. The van der Waals surface area contributed by atoms with Crippen molar-refractivity contribution in [3.63, 3.8) is 0 Å². The van der Waals surface area contributed by atoms with Gasteiger partial charge in [0, 0.05) is 20.9 Å². The molecule has 0 aliphatic rings. The highest BCUT2D eigenvalue weighted by Crippen LogP contribution is 2.29. The van der Waals surface area contributed by atoms with Gasteiger partial charge in [0.2, 0.25) is 0 Å². The first-order chi connectivity index (χ1) is 8.41. The van der Waals surface area contributed by atoms with E-state index in [1.165, 1.54) is 0 Å². The number of hydrogen-bond acceptors (Lipinski definition) is 1. The van der Waals surface area contributed by atoms with Gasteiger partial charge < -0.3 is 9.67 Å². The van der Waals surface area contributed by atoms with E-state index in [0.29, 0.717) is 16.3 Å². The third kappa shape index (κ3) is 2.18. The molecule has 0 spiro atoms. The average molecular weight is 329 g/mol. The van der Waals surface area contributed by atoms with Crippen LogP contribution in [0.4, 0.5) is 0 Å². The predicted molar refractivity (Wildman–Crippen MR) is 74.9 cm³/mol. The number of hydrogen-bond donors (Lipinski definition) is 1. The smallest absolute Gasteiger partial charge is 0.337 e. The lowest BCUT2D eigenvalue weighted by molar-refractivity contribution is 0.0696. The van der Waals surface area contributed by atoms with Gasteiger partial charge in [0.1, 0.15) is 0 Å². The van der Waals surface area contributed by atoms with Crippen LogP contribution in [0.5, 0.6) is 0 Å². The minimum absolute atomic E-state index is 0.305. The number of carboxylic acid groups (broad SMARTS) is 1. The number of aromatic nitrogens is 1. The summed E-state index contributed by atoms with van der Waals surface area (Å²) < 4.78 is 2.74.